The van der Waals surface area contributed by atoms with E-state index in [0.29, 0.717) is 0 Å². The Hall–Kier alpha value is -1.14. The highest BCUT2D eigenvalue weighted by molar-refractivity contribution is 7.11. The van der Waals surface area contributed by atoms with Gasteiger partial charge in [-0.2, -0.15) is 0 Å². The van der Waals surface area contributed by atoms with Crippen molar-refractivity contribution in [2.45, 2.75) is 53.2 Å². The lowest BCUT2D eigenvalue weighted by Crippen LogP contribution is -2.39. The largest absolute Gasteiger partial charge is 0.444 e. The summed E-state index contributed by atoms with van der Waals surface area (Å²) in [5, 5.41) is 1.12. The maximum absolute atomic E-state index is 12.2. The second-order valence-corrected chi connectivity index (χ2v) is 8.13. The van der Waals surface area contributed by atoms with Crippen LogP contribution in [-0.4, -0.2) is 52.7 Å². The molecule has 1 aliphatic rings. The number of hydrogen-bond acceptors (Lipinski definition) is 5. The number of nitrogens with zero attached hydrogens (tertiary/aromatic N) is 3. The normalized spacial score (nSPS) is 17.4. The molecule has 5 nitrogen and oxygen atoms in total. The van der Waals surface area contributed by atoms with Crippen molar-refractivity contribution in [2.75, 3.05) is 26.2 Å². The molecule has 1 aromatic heterocycles. The first-order valence-corrected chi connectivity index (χ1v) is 8.69. The molecular formula is C16H27N3O2S. The van der Waals surface area contributed by atoms with Crippen LogP contribution < -0.4 is 0 Å². The summed E-state index contributed by atoms with van der Waals surface area (Å²) in [6.45, 7) is 14.2. The first kappa shape index (κ1) is 17.2. The van der Waals surface area contributed by atoms with E-state index >= 15 is 0 Å². The third-order valence-corrected chi connectivity index (χ3v) is 4.66. The summed E-state index contributed by atoms with van der Waals surface area (Å²) in [6, 6.07) is 0. The molecule has 0 bridgehead atoms. The van der Waals surface area contributed by atoms with Crippen LogP contribution >= 0.6 is 11.3 Å². The Morgan fingerprint density at radius 2 is 1.95 bits per heavy atom. The van der Waals surface area contributed by atoms with Gasteiger partial charge in [0.15, 0.2) is 0 Å². The van der Waals surface area contributed by atoms with Gasteiger partial charge in [0.05, 0.1) is 10.7 Å². The third kappa shape index (κ3) is 4.95. The highest BCUT2D eigenvalue weighted by Crippen LogP contribution is 2.20. The fourth-order valence-corrected chi connectivity index (χ4v) is 3.54. The summed E-state index contributed by atoms with van der Waals surface area (Å²) < 4.78 is 5.47. The molecular weight excluding hydrogens is 298 g/mol. The maximum Gasteiger partial charge on any atom is 0.410 e. The van der Waals surface area contributed by atoms with Crippen molar-refractivity contribution in [1.82, 2.24) is 14.8 Å². The second-order valence-electron chi connectivity index (χ2n) is 6.84. The van der Waals surface area contributed by atoms with E-state index in [9.17, 15) is 4.79 Å². The van der Waals surface area contributed by atoms with Crippen LogP contribution in [0.2, 0.25) is 0 Å². The van der Waals surface area contributed by atoms with Crippen LogP contribution in [0, 0.1) is 13.8 Å². The number of thiazole rings is 1. The van der Waals surface area contributed by atoms with Crippen LogP contribution in [0.3, 0.4) is 0 Å². The molecule has 0 spiro atoms. The Morgan fingerprint density at radius 1 is 1.23 bits per heavy atom. The molecule has 0 saturated carbocycles. The minimum atomic E-state index is -0.430. The number of amides is 1. The molecule has 124 valence electrons. The van der Waals surface area contributed by atoms with E-state index in [1.807, 2.05) is 32.6 Å². The lowest BCUT2D eigenvalue weighted by atomic mass is 10.2. The smallest absolute Gasteiger partial charge is 0.410 e. The van der Waals surface area contributed by atoms with E-state index < -0.39 is 5.60 Å². The molecule has 0 aromatic carbocycles. The van der Waals surface area contributed by atoms with Crippen LogP contribution in [0.5, 0.6) is 0 Å². The molecule has 0 unspecified atom stereocenters. The Balaban J connectivity index is 1.90. The molecule has 0 atom stereocenters. The van der Waals surface area contributed by atoms with E-state index in [2.05, 4.69) is 16.8 Å². The van der Waals surface area contributed by atoms with Crippen LogP contribution in [0.15, 0.2) is 0 Å². The van der Waals surface area contributed by atoms with Gasteiger partial charge in [0.25, 0.3) is 0 Å². The number of carbonyl (C=O) groups excluding carboxylic acids is 1. The van der Waals surface area contributed by atoms with Gasteiger partial charge in [-0.3, -0.25) is 4.90 Å². The highest BCUT2D eigenvalue weighted by atomic mass is 32.1. The maximum atomic E-state index is 12.2. The average molecular weight is 325 g/mol. The van der Waals surface area contributed by atoms with Crippen molar-refractivity contribution in [1.29, 1.82) is 0 Å². The minimum Gasteiger partial charge on any atom is -0.444 e. The van der Waals surface area contributed by atoms with E-state index in [-0.39, 0.29) is 6.09 Å². The fourth-order valence-electron chi connectivity index (χ4n) is 2.56. The van der Waals surface area contributed by atoms with Crippen molar-refractivity contribution >= 4 is 17.4 Å². The molecule has 0 N–H and O–H groups in total. The van der Waals surface area contributed by atoms with Crippen LogP contribution in [0.25, 0.3) is 0 Å². The first-order valence-electron chi connectivity index (χ1n) is 7.88. The van der Waals surface area contributed by atoms with Gasteiger partial charge in [0.2, 0.25) is 0 Å². The summed E-state index contributed by atoms with van der Waals surface area (Å²) in [4.78, 5) is 22.2. The third-order valence-electron chi connectivity index (χ3n) is 3.61. The topological polar surface area (TPSA) is 45.7 Å². The van der Waals surface area contributed by atoms with Gasteiger partial charge in [-0.15, -0.1) is 11.3 Å². The van der Waals surface area contributed by atoms with Crippen molar-refractivity contribution < 1.29 is 9.53 Å². The zero-order valence-electron chi connectivity index (χ0n) is 14.3. The predicted molar refractivity (Wildman–Crippen MR) is 89.3 cm³/mol. The molecule has 1 aromatic rings. The summed E-state index contributed by atoms with van der Waals surface area (Å²) in [5.74, 6) is 0. The standard InChI is InChI=1S/C16H27N3O2S/c1-12-14(22-13(2)17-12)11-18-7-6-8-19(10-9-18)15(20)21-16(3,4)5/h6-11H2,1-5H3. The zero-order chi connectivity index (χ0) is 16.3. The van der Waals surface area contributed by atoms with Gasteiger partial charge < -0.3 is 9.64 Å². The molecule has 2 rings (SSSR count). The Kier molecular flexibility index (Phi) is 5.45. The lowest BCUT2D eigenvalue weighted by molar-refractivity contribution is 0.0257. The molecule has 1 aliphatic heterocycles. The quantitative estimate of drug-likeness (QED) is 0.837. The van der Waals surface area contributed by atoms with E-state index in [0.717, 1.165) is 49.8 Å². The molecule has 22 heavy (non-hydrogen) atoms. The Bertz CT molecular complexity index is 522. The van der Waals surface area contributed by atoms with Crippen molar-refractivity contribution in [3.63, 3.8) is 0 Å². The van der Waals surface area contributed by atoms with Crippen LogP contribution in [0.4, 0.5) is 4.79 Å². The number of hydrogen-bond donors (Lipinski definition) is 0. The zero-order valence-corrected chi connectivity index (χ0v) is 15.1. The van der Waals surface area contributed by atoms with Crippen molar-refractivity contribution in [3.8, 4) is 0 Å². The number of aryl methyl sites for hydroxylation is 2. The summed E-state index contributed by atoms with van der Waals surface area (Å²) in [6.07, 6.45) is 0.787. The van der Waals surface area contributed by atoms with Crippen molar-refractivity contribution in [3.05, 3.63) is 15.6 Å². The second kappa shape index (κ2) is 6.96. The highest BCUT2D eigenvalue weighted by Gasteiger charge is 2.24. The number of ether oxygens (including phenoxy) is 1. The average Bonchev–Trinajstić information content (AvgIpc) is 2.60. The van der Waals surface area contributed by atoms with E-state index in [1.54, 1.807) is 11.3 Å². The molecule has 6 heteroatoms. The van der Waals surface area contributed by atoms with Gasteiger partial charge in [0, 0.05) is 37.6 Å². The SMILES string of the molecule is Cc1nc(C)c(CN2CCCN(C(=O)OC(C)(C)C)CC2)s1. The van der Waals surface area contributed by atoms with Gasteiger partial charge in [-0.25, -0.2) is 9.78 Å². The number of aromatic nitrogens is 1. The van der Waals surface area contributed by atoms with Gasteiger partial charge >= 0.3 is 6.09 Å². The van der Waals surface area contributed by atoms with Crippen molar-refractivity contribution in [2.24, 2.45) is 0 Å². The predicted octanol–water partition coefficient (Wildman–Crippen LogP) is 3.20. The summed E-state index contributed by atoms with van der Waals surface area (Å²) >= 11 is 1.77. The van der Waals surface area contributed by atoms with Gasteiger partial charge in [0.1, 0.15) is 5.60 Å². The molecule has 0 radical (unpaired) electrons. The molecule has 1 fully saturated rings. The molecule has 1 saturated heterocycles. The number of carbonyl (C=O) groups is 1. The lowest BCUT2D eigenvalue weighted by Gasteiger charge is -2.26. The Labute approximate surface area is 137 Å². The first-order chi connectivity index (χ1) is 10.2. The number of rotatable bonds is 2. The van der Waals surface area contributed by atoms with E-state index in [4.69, 9.17) is 4.74 Å². The molecule has 2 heterocycles. The summed E-state index contributed by atoms with van der Waals surface area (Å²) in [7, 11) is 0. The minimum absolute atomic E-state index is 0.195. The fraction of sp³-hybridized carbons (Fsp3) is 0.750. The van der Waals surface area contributed by atoms with Gasteiger partial charge in [-0.05, 0) is 41.0 Å². The van der Waals surface area contributed by atoms with E-state index in [1.165, 1.54) is 4.88 Å². The summed E-state index contributed by atoms with van der Waals surface area (Å²) in [5.41, 5.74) is 0.705. The van der Waals surface area contributed by atoms with Crippen LogP contribution in [0.1, 0.15) is 42.8 Å². The van der Waals surface area contributed by atoms with Gasteiger partial charge in [-0.1, -0.05) is 0 Å². The Morgan fingerprint density at radius 3 is 2.55 bits per heavy atom. The monoisotopic (exact) mass is 325 g/mol. The molecule has 1 amide bonds. The molecule has 0 aliphatic carbocycles. The van der Waals surface area contributed by atoms with Crippen LogP contribution in [-0.2, 0) is 11.3 Å².